The zero-order valence-corrected chi connectivity index (χ0v) is 10.8. The van der Waals surface area contributed by atoms with Gasteiger partial charge in [-0.25, -0.2) is 9.78 Å². The van der Waals surface area contributed by atoms with E-state index >= 15 is 0 Å². The second-order valence-corrected chi connectivity index (χ2v) is 4.83. The number of carbonyl (C=O) groups is 1. The number of aromatic nitrogens is 1. The van der Waals surface area contributed by atoms with E-state index in [0.717, 1.165) is 16.3 Å². The van der Waals surface area contributed by atoms with Gasteiger partial charge >= 0.3 is 5.97 Å². The van der Waals surface area contributed by atoms with Crippen LogP contribution in [0.2, 0.25) is 0 Å². The van der Waals surface area contributed by atoms with Crippen molar-refractivity contribution in [2.75, 3.05) is 0 Å². The maximum absolute atomic E-state index is 11.2. The van der Waals surface area contributed by atoms with Crippen LogP contribution >= 0.6 is 11.3 Å². The first-order valence-electron chi connectivity index (χ1n) is 5.50. The highest BCUT2D eigenvalue weighted by Crippen LogP contribution is 2.29. The van der Waals surface area contributed by atoms with E-state index in [-0.39, 0.29) is 10.6 Å². The number of aryl methyl sites for hydroxylation is 1. The van der Waals surface area contributed by atoms with Crippen LogP contribution in [0.1, 0.15) is 21.6 Å². The summed E-state index contributed by atoms with van der Waals surface area (Å²) in [5.74, 6) is -1.04. The van der Waals surface area contributed by atoms with Crippen LogP contribution in [-0.4, -0.2) is 21.0 Å². The number of aromatic carboxylic acids is 1. The van der Waals surface area contributed by atoms with Gasteiger partial charge in [-0.2, -0.15) is 0 Å². The smallest absolute Gasteiger partial charge is 0.348 e. The highest BCUT2D eigenvalue weighted by atomic mass is 32.1. The number of carboxylic acids is 1. The Morgan fingerprint density at radius 1 is 1.42 bits per heavy atom. The quantitative estimate of drug-likeness (QED) is 0.685. The van der Waals surface area contributed by atoms with Gasteiger partial charge in [0.2, 0.25) is 0 Å². The normalized spacial score (nSPS) is 10.4. The van der Waals surface area contributed by atoms with Gasteiger partial charge in [0.25, 0.3) is 5.69 Å². The second kappa shape index (κ2) is 5.15. The average Bonchev–Trinajstić information content (AvgIpc) is 2.83. The molecule has 0 aliphatic heterocycles. The Labute approximate surface area is 112 Å². The van der Waals surface area contributed by atoms with Gasteiger partial charge in [-0.3, -0.25) is 10.1 Å². The first-order valence-corrected chi connectivity index (χ1v) is 6.32. The summed E-state index contributed by atoms with van der Waals surface area (Å²) in [6.45, 7) is 1.89. The van der Waals surface area contributed by atoms with Gasteiger partial charge in [0.05, 0.1) is 15.6 Å². The minimum Gasteiger partial charge on any atom is -0.477 e. The topological polar surface area (TPSA) is 93.3 Å². The van der Waals surface area contributed by atoms with Crippen molar-refractivity contribution in [1.82, 2.24) is 4.98 Å². The molecule has 0 aliphatic carbocycles. The Balaban J connectivity index is 2.48. The molecule has 2 aromatic rings. The third-order valence-electron chi connectivity index (χ3n) is 2.52. The number of thiazole rings is 1. The summed E-state index contributed by atoms with van der Waals surface area (Å²) in [6.07, 6.45) is 0.651. The lowest BCUT2D eigenvalue weighted by molar-refractivity contribution is -0.384. The number of hydrogen-bond donors (Lipinski definition) is 1. The molecule has 0 unspecified atom stereocenters. The van der Waals surface area contributed by atoms with Gasteiger partial charge in [-0.05, 0) is 18.6 Å². The van der Waals surface area contributed by atoms with Gasteiger partial charge in [-0.1, -0.05) is 6.92 Å². The van der Waals surface area contributed by atoms with E-state index in [4.69, 9.17) is 5.11 Å². The monoisotopic (exact) mass is 278 g/mol. The van der Waals surface area contributed by atoms with Crippen LogP contribution in [-0.2, 0) is 6.42 Å². The Hall–Kier alpha value is -2.28. The standard InChI is InChI=1S/C12H10N2O4S/c1-2-9-13-10(11(19-9)12(15)16)7-3-5-8(6-4-7)14(17)18/h3-6H,2H2,1H3,(H,15,16). The lowest BCUT2D eigenvalue weighted by atomic mass is 10.1. The first kappa shape index (κ1) is 13.2. The van der Waals surface area contributed by atoms with E-state index in [9.17, 15) is 14.9 Å². The number of non-ortho nitro benzene ring substituents is 1. The maximum Gasteiger partial charge on any atom is 0.348 e. The van der Waals surface area contributed by atoms with Gasteiger partial charge in [0, 0.05) is 17.7 Å². The van der Waals surface area contributed by atoms with Gasteiger partial charge in [-0.15, -0.1) is 11.3 Å². The molecule has 0 spiro atoms. The number of nitrogens with zero attached hydrogens (tertiary/aromatic N) is 2. The number of hydrogen-bond acceptors (Lipinski definition) is 5. The van der Waals surface area contributed by atoms with Crippen molar-refractivity contribution in [3.05, 3.63) is 44.3 Å². The molecule has 1 N–H and O–H groups in total. The van der Waals surface area contributed by atoms with Gasteiger partial charge in [0.15, 0.2) is 0 Å². The molecule has 1 heterocycles. The lowest BCUT2D eigenvalue weighted by Gasteiger charge is -1.98. The highest BCUT2D eigenvalue weighted by Gasteiger charge is 2.18. The summed E-state index contributed by atoms with van der Waals surface area (Å²) < 4.78 is 0. The minimum atomic E-state index is -1.04. The highest BCUT2D eigenvalue weighted by molar-refractivity contribution is 7.14. The third-order valence-corrected chi connectivity index (χ3v) is 3.71. The molecule has 0 atom stereocenters. The number of rotatable bonds is 4. The zero-order valence-electron chi connectivity index (χ0n) is 9.99. The minimum absolute atomic E-state index is 0.0356. The summed E-state index contributed by atoms with van der Waals surface area (Å²) >= 11 is 1.13. The van der Waals surface area contributed by atoms with E-state index in [2.05, 4.69) is 4.98 Å². The Bertz CT molecular complexity index is 634. The molecule has 0 radical (unpaired) electrons. The molecule has 19 heavy (non-hydrogen) atoms. The Morgan fingerprint density at radius 3 is 2.53 bits per heavy atom. The summed E-state index contributed by atoms with van der Waals surface area (Å²) in [5, 5.41) is 20.4. The molecule has 7 heteroatoms. The Kier molecular flexibility index (Phi) is 3.57. The number of nitro benzene ring substituents is 1. The maximum atomic E-state index is 11.2. The predicted octanol–water partition coefficient (Wildman–Crippen LogP) is 2.98. The van der Waals surface area contributed by atoms with Crippen LogP contribution in [0.3, 0.4) is 0 Å². The molecule has 0 saturated heterocycles. The van der Waals surface area contributed by atoms with Crippen molar-refractivity contribution >= 4 is 23.0 Å². The van der Waals surface area contributed by atoms with Crippen LogP contribution in [0.4, 0.5) is 5.69 Å². The predicted molar refractivity (Wildman–Crippen MR) is 70.5 cm³/mol. The number of benzene rings is 1. The fraction of sp³-hybridized carbons (Fsp3) is 0.167. The summed E-state index contributed by atoms with van der Waals surface area (Å²) in [4.78, 5) is 25.7. The molecule has 2 rings (SSSR count). The van der Waals surface area contributed by atoms with Crippen molar-refractivity contribution < 1.29 is 14.8 Å². The summed E-state index contributed by atoms with van der Waals surface area (Å²) in [7, 11) is 0. The molecule has 0 saturated carbocycles. The van der Waals surface area contributed by atoms with Crippen LogP contribution in [0.5, 0.6) is 0 Å². The van der Waals surface area contributed by atoms with E-state index < -0.39 is 10.9 Å². The van der Waals surface area contributed by atoms with Crippen LogP contribution in [0.15, 0.2) is 24.3 Å². The first-order chi connectivity index (χ1) is 9.02. The second-order valence-electron chi connectivity index (χ2n) is 3.75. The van der Waals surface area contributed by atoms with E-state index in [1.807, 2.05) is 6.92 Å². The number of nitro groups is 1. The molecule has 0 bridgehead atoms. The van der Waals surface area contributed by atoms with Gasteiger partial charge in [0.1, 0.15) is 4.88 Å². The fourth-order valence-corrected chi connectivity index (χ4v) is 2.46. The van der Waals surface area contributed by atoms with Crippen molar-refractivity contribution in [2.45, 2.75) is 13.3 Å². The third kappa shape index (κ3) is 2.60. The Morgan fingerprint density at radius 2 is 2.05 bits per heavy atom. The van der Waals surface area contributed by atoms with Gasteiger partial charge < -0.3 is 5.11 Å². The molecular weight excluding hydrogens is 268 g/mol. The van der Waals surface area contributed by atoms with Crippen LogP contribution in [0, 0.1) is 10.1 Å². The van der Waals surface area contributed by atoms with Crippen LogP contribution < -0.4 is 0 Å². The van der Waals surface area contributed by atoms with Crippen molar-refractivity contribution in [1.29, 1.82) is 0 Å². The SMILES string of the molecule is CCc1nc(-c2ccc([N+](=O)[O-])cc2)c(C(=O)O)s1. The summed E-state index contributed by atoms with van der Waals surface area (Å²) in [6, 6.07) is 5.70. The molecule has 1 aromatic heterocycles. The van der Waals surface area contributed by atoms with E-state index in [1.165, 1.54) is 24.3 Å². The molecule has 0 amide bonds. The molecule has 0 aliphatic rings. The molecule has 1 aromatic carbocycles. The van der Waals surface area contributed by atoms with Crippen LogP contribution in [0.25, 0.3) is 11.3 Å². The largest absolute Gasteiger partial charge is 0.477 e. The van der Waals surface area contributed by atoms with Crippen molar-refractivity contribution in [3.63, 3.8) is 0 Å². The molecule has 6 nitrogen and oxygen atoms in total. The molecular formula is C12H10N2O4S. The zero-order chi connectivity index (χ0) is 14.0. The van der Waals surface area contributed by atoms with Crippen molar-refractivity contribution in [2.24, 2.45) is 0 Å². The van der Waals surface area contributed by atoms with E-state index in [1.54, 1.807) is 0 Å². The lowest BCUT2D eigenvalue weighted by Crippen LogP contribution is -1.95. The fourth-order valence-electron chi connectivity index (χ4n) is 1.60. The number of carboxylic acid groups (broad SMARTS) is 1. The van der Waals surface area contributed by atoms with Crippen molar-refractivity contribution in [3.8, 4) is 11.3 Å². The molecule has 98 valence electrons. The average molecular weight is 278 g/mol. The summed E-state index contributed by atoms with van der Waals surface area (Å²) in [5.41, 5.74) is 0.898. The molecule has 0 fully saturated rings. The van der Waals surface area contributed by atoms with E-state index in [0.29, 0.717) is 17.7 Å².